The molecule has 0 saturated carbocycles. The Morgan fingerprint density at radius 1 is 1.21 bits per heavy atom. The van der Waals surface area contributed by atoms with Gasteiger partial charge in [-0.1, -0.05) is 12.1 Å². The molecule has 7 heteroatoms. The highest BCUT2D eigenvalue weighted by Gasteiger charge is 2.29. The van der Waals surface area contributed by atoms with Gasteiger partial charge in [0.15, 0.2) is 0 Å². The summed E-state index contributed by atoms with van der Waals surface area (Å²) >= 11 is 0. The molecule has 0 bridgehead atoms. The number of aromatic nitrogens is 1. The zero-order valence-corrected chi connectivity index (χ0v) is 15.6. The third-order valence-corrected chi connectivity index (χ3v) is 4.75. The van der Waals surface area contributed by atoms with Gasteiger partial charge in [-0.15, -0.1) is 0 Å². The first-order chi connectivity index (χ1) is 14.0. The lowest BCUT2D eigenvalue weighted by atomic mass is 10.0. The number of carbonyl (C=O) groups is 1. The maximum absolute atomic E-state index is 14.6. The van der Waals surface area contributed by atoms with Crippen LogP contribution >= 0.6 is 0 Å². The first-order valence-corrected chi connectivity index (χ1v) is 9.05. The van der Waals surface area contributed by atoms with E-state index >= 15 is 0 Å². The third kappa shape index (κ3) is 3.99. The summed E-state index contributed by atoms with van der Waals surface area (Å²) in [6.07, 6.45) is 4.88. The van der Waals surface area contributed by atoms with Crippen LogP contribution in [0.15, 0.2) is 65.9 Å². The summed E-state index contributed by atoms with van der Waals surface area (Å²) in [5.41, 5.74) is 2.88. The number of amides is 1. The van der Waals surface area contributed by atoms with Crippen molar-refractivity contribution in [2.24, 2.45) is 4.99 Å². The predicted octanol–water partition coefficient (Wildman–Crippen LogP) is 4.43. The van der Waals surface area contributed by atoms with Crippen LogP contribution in [0.4, 0.5) is 25.8 Å². The molecule has 1 N–H and O–H groups in total. The Hall–Kier alpha value is -3.61. The molecule has 1 aliphatic heterocycles. The standard InChI is InChI=1S/C22H18F2N4O/c1-28(13-14-3-2-8-25-11-14)21-7-5-16(10-19(21)24)26-12-18-17-6-4-15(23)9-20(17)27-22(18)29/h2-12,18H,13H2,1H3,(H,27,29). The molecule has 3 aromatic rings. The number of anilines is 2. The first kappa shape index (κ1) is 18.7. The summed E-state index contributed by atoms with van der Waals surface area (Å²) in [6.45, 7) is 0.517. The zero-order valence-electron chi connectivity index (χ0n) is 15.6. The van der Waals surface area contributed by atoms with Crippen LogP contribution < -0.4 is 10.2 Å². The van der Waals surface area contributed by atoms with Gasteiger partial charge in [-0.25, -0.2) is 8.78 Å². The van der Waals surface area contributed by atoms with Crippen LogP contribution in [-0.4, -0.2) is 24.2 Å². The summed E-state index contributed by atoms with van der Waals surface area (Å²) in [4.78, 5) is 22.2. The summed E-state index contributed by atoms with van der Waals surface area (Å²) < 4.78 is 27.9. The molecule has 1 unspecified atom stereocenters. The summed E-state index contributed by atoms with van der Waals surface area (Å²) in [5.74, 6) is -1.76. The Bertz CT molecular complexity index is 1090. The second kappa shape index (κ2) is 7.79. The van der Waals surface area contributed by atoms with E-state index in [0.717, 1.165) is 5.56 Å². The molecule has 0 aliphatic carbocycles. The van der Waals surface area contributed by atoms with Crippen molar-refractivity contribution in [2.45, 2.75) is 12.5 Å². The highest BCUT2D eigenvalue weighted by Crippen LogP contribution is 2.32. The molecular weight excluding hydrogens is 374 g/mol. The molecule has 5 nitrogen and oxygen atoms in total. The van der Waals surface area contributed by atoms with Crippen LogP contribution in [0.1, 0.15) is 17.0 Å². The Labute approximate surface area is 166 Å². The van der Waals surface area contributed by atoms with Crippen molar-refractivity contribution < 1.29 is 13.6 Å². The number of halogens is 2. The van der Waals surface area contributed by atoms with Crippen molar-refractivity contribution in [3.8, 4) is 0 Å². The van der Waals surface area contributed by atoms with Gasteiger partial charge in [0.25, 0.3) is 0 Å². The molecular formula is C22H18F2N4O. The lowest BCUT2D eigenvalue weighted by Crippen LogP contribution is -2.17. The molecule has 1 aliphatic rings. The van der Waals surface area contributed by atoms with Crippen molar-refractivity contribution in [2.75, 3.05) is 17.3 Å². The fourth-order valence-electron chi connectivity index (χ4n) is 3.30. The van der Waals surface area contributed by atoms with E-state index in [9.17, 15) is 13.6 Å². The monoisotopic (exact) mass is 392 g/mol. The predicted molar refractivity (Wildman–Crippen MR) is 109 cm³/mol. The van der Waals surface area contributed by atoms with Gasteiger partial charge in [0, 0.05) is 44.0 Å². The quantitative estimate of drug-likeness (QED) is 0.654. The van der Waals surface area contributed by atoms with E-state index in [4.69, 9.17) is 0 Å². The minimum atomic E-state index is -0.637. The minimum absolute atomic E-state index is 0.289. The summed E-state index contributed by atoms with van der Waals surface area (Å²) in [6, 6.07) is 12.5. The van der Waals surface area contributed by atoms with Crippen LogP contribution in [0.25, 0.3) is 0 Å². The van der Waals surface area contributed by atoms with Gasteiger partial charge >= 0.3 is 0 Å². The average Bonchev–Trinajstić information content (AvgIpc) is 3.01. The Balaban J connectivity index is 1.51. The van der Waals surface area contributed by atoms with E-state index in [0.29, 0.717) is 29.2 Å². The summed E-state index contributed by atoms with van der Waals surface area (Å²) in [5, 5.41) is 2.63. The van der Waals surface area contributed by atoms with E-state index in [2.05, 4.69) is 15.3 Å². The molecule has 2 aromatic carbocycles. The zero-order chi connectivity index (χ0) is 20.4. The molecule has 0 fully saturated rings. The second-order valence-electron chi connectivity index (χ2n) is 6.83. The second-order valence-corrected chi connectivity index (χ2v) is 6.83. The number of benzene rings is 2. The van der Waals surface area contributed by atoms with Crippen LogP contribution in [0.2, 0.25) is 0 Å². The summed E-state index contributed by atoms with van der Waals surface area (Å²) in [7, 11) is 1.80. The van der Waals surface area contributed by atoms with E-state index in [1.54, 1.807) is 42.5 Å². The normalized spacial score (nSPS) is 15.4. The average molecular weight is 392 g/mol. The van der Waals surface area contributed by atoms with Gasteiger partial charge in [-0.2, -0.15) is 0 Å². The maximum Gasteiger partial charge on any atom is 0.237 e. The number of hydrogen-bond acceptors (Lipinski definition) is 4. The van der Waals surface area contributed by atoms with Crippen LogP contribution in [0.3, 0.4) is 0 Å². The minimum Gasteiger partial charge on any atom is -0.368 e. The molecule has 0 radical (unpaired) electrons. The fraction of sp³-hybridized carbons (Fsp3) is 0.136. The highest BCUT2D eigenvalue weighted by atomic mass is 19.1. The van der Waals surface area contributed by atoms with Gasteiger partial charge < -0.3 is 10.2 Å². The van der Waals surface area contributed by atoms with E-state index in [1.807, 2.05) is 12.1 Å². The number of nitrogens with zero attached hydrogens (tertiary/aromatic N) is 3. The van der Waals surface area contributed by atoms with Crippen molar-refractivity contribution >= 4 is 29.2 Å². The van der Waals surface area contributed by atoms with Gasteiger partial charge in [-0.05, 0) is 41.5 Å². The Morgan fingerprint density at radius 3 is 2.83 bits per heavy atom. The van der Waals surface area contributed by atoms with Crippen molar-refractivity contribution in [1.29, 1.82) is 0 Å². The number of aliphatic imine (C=N–C) groups is 1. The van der Waals surface area contributed by atoms with Gasteiger partial charge in [0.1, 0.15) is 17.6 Å². The number of fused-ring (bicyclic) bond motifs is 1. The molecule has 1 amide bonds. The SMILES string of the molecule is CN(Cc1cccnc1)c1ccc(N=CC2C(=O)Nc3cc(F)ccc32)cc1F. The Morgan fingerprint density at radius 2 is 2.07 bits per heavy atom. The van der Waals surface area contributed by atoms with E-state index in [-0.39, 0.29) is 5.91 Å². The van der Waals surface area contributed by atoms with Crippen molar-refractivity contribution in [3.05, 3.63) is 83.7 Å². The molecule has 146 valence electrons. The molecule has 2 heterocycles. The highest BCUT2D eigenvalue weighted by molar-refractivity contribution is 6.12. The number of carbonyl (C=O) groups excluding carboxylic acids is 1. The van der Waals surface area contributed by atoms with Crippen molar-refractivity contribution in [1.82, 2.24) is 4.98 Å². The van der Waals surface area contributed by atoms with Crippen LogP contribution in [0, 0.1) is 11.6 Å². The van der Waals surface area contributed by atoms with Gasteiger partial charge in [0.05, 0.1) is 11.4 Å². The molecule has 0 saturated heterocycles. The lowest BCUT2D eigenvalue weighted by molar-refractivity contribution is -0.115. The number of hydrogen-bond donors (Lipinski definition) is 1. The third-order valence-electron chi connectivity index (χ3n) is 4.75. The molecule has 29 heavy (non-hydrogen) atoms. The van der Waals surface area contributed by atoms with E-state index < -0.39 is 17.6 Å². The Kier molecular flexibility index (Phi) is 5.03. The topological polar surface area (TPSA) is 57.6 Å². The number of pyridine rings is 1. The lowest BCUT2D eigenvalue weighted by Gasteiger charge is -2.20. The smallest absolute Gasteiger partial charge is 0.237 e. The van der Waals surface area contributed by atoms with Crippen LogP contribution in [0.5, 0.6) is 0 Å². The van der Waals surface area contributed by atoms with E-state index in [1.165, 1.54) is 24.4 Å². The van der Waals surface area contributed by atoms with Gasteiger partial charge in [-0.3, -0.25) is 14.8 Å². The maximum atomic E-state index is 14.6. The first-order valence-electron chi connectivity index (χ1n) is 9.05. The number of rotatable bonds is 5. The van der Waals surface area contributed by atoms with Gasteiger partial charge in [0.2, 0.25) is 5.91 Å². The molecule has 4 rings (SSSR count). The fourth-order valence-corrected chi connectivity index (χ4v) is 3.30. The molecule has 0 spiro atoms. The largest absolute Gasteiger partial charge is 0.368 e. The van der Waals surface area contributed by atoms with Crippen molar-refractivity contribution in [3.63, 3.8) is 0 Å². The van der Waals surface area contributed by atoms with Crippen LogP contribution in [-0.2, 0) is 11.3 Å². The number of nitrogens with one attached hydrogen (secondary N) is 1. The molecule has 1 atom stereocenters. The molecule has 1 aromatic heterocycles.